The van der Waals surface area contributed by atoms with Crippen LogP contribution in [0, 0.1) is 0 Å². The Morgan fingerprint density at radius 3 is 2.76 bits per heavy atom. The molecule has 0 atom stereocenters. The molecule has 0 aliphatic rings. The molecule has 3 heterocycles. The molecule has 0 bridgehead atoms. The minimum atomic E-state index is -0.335. The average Bonchev–Trinajstić information content (AvgIpc) is 3.29. The Hall–Kier alpha value is -2.52. The van der Waals surface area contributed by atoms with Gasteiger partial charge in [0.25, 0.3) is 0 Å². The van der Waals surface area contributed by atoms with E-state index in [4.69, 9.17) is 9.15 Å². The summed E-state index contributed by atoms with van der Waals surface area (Å²) in [6.07, 6.45) is 1.82. The Morgan fingerprint density at radius 2 is 2.00 bits per heavy atom. The van der Waals surface area contributed by atoms with Crippen molar-refractivity contribution < 1.29 is 18.7 Å². The van der Waals surface area contributed by atoms with E-state index in [2.05, 4.69) is 15.3 Å². The molecule has 3 aromatic heterocycles. The number of nitrogens with zero attached hydrogens (tertiary/aromatic N) is 2. The van der Waals surface area contributed by atoms with Crippen molar-refractivity contribution in [3.63, 3.8) is 0 Å². The Balaban J connectivity index is 1.54. The van der Waals surface area contributed by atoms with E-state index in [9.17, 15) is 9.59 Å². The lowest BCUT2D eigenvalue weighted by Gasteiger charge is -2.00. The van der Waals surface area contributed by atoms with Gasteiger partial charge in [-0.1, -0.05) is 0 Å². The standard InChI is InChI=1S/C16H15N3O4S2/c1-2-22-14(21)7-11-9-25-16(18-11)19-13(20)6-10-8-24-15(17-10)12-4-3-5-23-12/h3-5,8-9H,2,6-7H2,1H3,(H,18,19,20). The van der Waals surface area contributed by atoms with Crippen LogP contribution in [-0.4, -0.2) is 28.5 Å². The summed E-state index contributed by atoms with van der Waals surface area (Å²) in [5.74, 6) is 0.132. The Bertz CT molecular complexity index is 855. The van der Waals surface area contributed by atoms with Gasteiger partial charge in [0.2, 0.25) is 5.91 Å². The quantitative estimate of drug-likeness (QED) is 0.636. The molecule has 1 N–H and O–H groups in total. The van der Waals surface area contributed by atoms with Gasteiger partial charge in [-0.2, -0.15) is 0 Å². The van der Waals surface area contributed by atoms with Gasteiger partial charge >= 0.3 is 5.97 Å². The summed E-state index contributed by atoms with van der Waals surface area (Å²) in [6.45, 7) is 2.08. The second-order valence-corrected chi connectivity index (χ2v) is 6.69. The SMILES string of the molecule is CCOC(=O)Cc1csc(NC(=O)Cc2csc(-c3ccco3)n2)n1. The third kappa shape index (κ3) is 4.74. The zero-order chi connectivity index (χ0) is 17.6. The van der Waals surface area contributed by atoms with Gasteiger partial charge in [0.1, 0.15) is 0 Å². The fourth-order valence-electron chi connectivity index (χ4n) is 2.04. The number of anilines is 1. The summed E-state index contributed by atoms with van der Waals surface area (Å²) in [6, 6.07) is 3.61. The first-order valence-corrected chi connectivity index (χ1v) is 9.28. The van der Waals surface area contributed by atoms with E-state index in [1.165, 1.54) is 22.7 Å². The largest absolute Gasteiger partial charge is 0.466 e. The number of esters is 1. The van der Waals surface area contributed by atoms with Crippen LogP contribution in [-0.2, 0) is 27.2 Å². The summed E-state index contributed by atoms with van der Waals surface area (Å²) in [4.78, 5) is 32.1. The molecule has 7 nitrogen and oxygen atoms in total. The number of aromatic nitrogens is 2. The minimum Gasteiger partial charge on any atom is -0.466 e. The predicted octanol–water partition coefficient (Wildman–Crippen LogP) is 3.15. The van der Waals surface area contributed by atoms with Crippen LogP contribution in [0.15, 0.2) is 33.6 Å². The highest BCUT2D eigenvalue weighted by atomic mass is 32.1. The number of carbonyl (C=O) groups is 2. The normalized spacial score (nSPS) is 10.6. The lowest BCUT2D eigenvalue weighted by Crippen LogP contribution is -2.14. The highest BCUT2D eigenvalue weighted by Crippen LogP contribution is 2.24. The summed E-state index contributed by atoms with van der Waals surface area (Å²) in [5, 5.41) is 7.45. The molecular weight excluding hydrogens is 362 g/mol. The van der Waals surface area contributed by atoms with E-state index in [1.54, 1.807) is 24.6 Å². The molecule has 1 amide bonds. The lowest BCUT2D eigenvalue weighted by atomic mass is 10.3. The maximum Gasteiger partial charge on any atom is 0.311 e. The van der Waals surface area contributed by atoms with Gasteiger partial charge in [-0.3, -0.25) is 9.59 Å². The fraction of sp³-hybridized carbons (Fsp3) is 0.250. The van der Waals surface area contributed by atoms with Gasteiger partial charge in [0.05, 0.1) is 37.1 Å². The van der Waals surface area contributed by atoms with Crippen LogP contribution in [0.25, 0.3) is 10.8 Å². The van der Waals surface area contributed by atoms with Crippen LogP contribution in [0.1, 0.15) is 18.3 Å². The second-order valence-electron chi connectivity index (χ2n) is 4.97. The minimum absolute atomic E-state index is 0.0960. The molecule has 0 fully saturated rings. The van der Waals surface area contributed by atoms with Gasteiger partial charge in [-0.05, 0) is 19.1 Å². The maximum absolute atomic E-state index is 12.1. The fourth-order valence-corrected chi connectivity index (χ4v) is 3.55. The smallest absolute Gasteiger partial charge is 0.311 e. The van der Waals surface area contributed by atoms with E-state index in [1.807, 2.05) is 11.4 Å². The molecule has 0 saturated heterocycles. The highest BCUT2D eigenvalue weighted by molar-refractivity contribution is 7.14. The molecular formula is C16H15N3O4S2. The molecule has 3 rings (SSSR count). The lowest BCUT2D eigenvalue weighted by molar-refractivity contribution is -0.142. The van der Waals surface area contributed by atoms with Crippen molar-refractivity contribution in [1.82, 2.24) is 9.97 Å². The molecule has 130 valence electrons. The van der Waals surface area contributed by atoms with Crippen molar-refractivity contribution in [3.05, 3.63) is 40.5 Å². The molecule has 0 aliphatic heterocycles. The molecule has 25 heavy (non-hydrogen) atoms. The van der Waals surface area contributed by atoms with Gasteiger partial charge in [0.15, 0.2) is 15.9 Å². The Labute approximate surface area is 151 Å². The first kappa shape index (κ1) is 17.3. The summed E-state index contributed by atoms with van der Waals surface area (Å²) in [7, 11) is 0. The number of hydrogen-bond donors (Lipinski definition) is 1. The van der Waals surface area contributed by atoms with Crippen molar-refractivity contribution in [1.29, 1.82) is 0 Å². The summed E-state index contributed by atoms with van der Waals surface area (Å²) < 4.78 is 10.2. The van der Waals surface area contributed by atoms with Crippen molar-refractivity contribution >= 4 is 39.7 Å². The number of ether oxygens (including phenoxy) is 1. The first-order chi connectivity index (χ1) is 12.1. The number of nitrogens with one attached hydrogen (secondary N) is 1. The monoisotopic (exact) mass is 377 g/mol. The van der Waals surface area contributed by atoms with Crippen LogP contribution >= 0.6 is 22.7 Å². The molecule has 0 aliphatic carbocycles. The first-order valence-electron chi connectivity index (χ1n) is 7.52. The Morgan fingerprint density at radius 1 is 1.20 bits per heavy atom. The maximum atomic E-state index is 12.1. The molecule has 0 unspecified atom stereocenters. The highest BCUT2D eigenvalue weighted by Gasteiger charge is 2.13. The van der Waals surface area contributed by atoms with Crippen LogP contribution in [0.3, 0.4) is 0 Å². The van der Waals surface area contributed by atoms with Crippen LogP contribution in [0.2, 0.25) is 0 Å². The van der Waals surface area contributed by atoms with Crippen LogP contribution in [0.4, 0.5) is 5.13 Å². The number of amides is 1. The van der Waals surface area contributed by atoms with Crippen molar-refractivity contribution in [2.75, 3.05) is 11.9 Å². The number of hydrogen-bond acceptors (Lipinski definition) is 8. The summed E-state index contributed by atoms with van der Waals surface area (Å²) >= 11 is 2.69. The zero-order valence-electron chi connectivity index (χ0n) is 13.4. The van der Waals surface area contributed by atoms with Crippen molar-refractivity contribution in [2.24, 2.45) is 0 Å². The number of thiazole rings is 2. The average molecular weight is 377 g/mol. The van der Waals surface area contributed by atoms with Crippen LogP contribution < -0.4 is 5.32 Å². The molecule has 3 aromatic rings. The summed E-state index contributed by atoms with van der Waals surface area (Å²) in [5.41, 5.74) is 1.24. The van der Waals surface area contributed by atoms with Crippen LogP contribution in [0.5, 0.6) is 0 Å². The van der Waals surface area contributed by atoms with Gasteiger partial charge in [-0.25, -0.2) is 9.97 Å². The van der Waals surface area contributed by atoms with E-state index in [0.717, 1.165) is 5.01 Å². The molecule has 9 heteroatoms. The number of rotatable bonds is 7. The predicted molar refractivity (Wildman–Crippen MR) is 94.6 cm³/mol. The molecule has 0 radical (unpaired) electrons. The third-order valence-electron chi connectivity index (χ3n) is 3.05. The number of carbonyl (C=O) groups excluding carboxylic acids is 2. The van der Waals surface area contributed by atoms with Crippen molar-refractivity contribution in [3.8, 4) is 10.8 Å². The van der Waals surface area contributed by atoms with E-state index in [-0.39, 0.29) is 24.7 Å². The van der Waals surface area contributed by atoms with E-state index < -0.39 is 0 Å². The second kappa shape index (κ2) is 8.04. The number of furan rings is 1. The molecule has 0 spiro atoms. The molecule has 0 saturated carbocycles. The van der Waals surface area contributed by atoms with Crippen molar-refractivity contribution in [2.45, 2.75) is 19.8 Å². The zero-order valence-corrected chi connectivity index (χ0v) is 15.0. The van der Waals surface area contributed by atoms with E-state index >= 15 is 0 Å². The van der Waals surface area contributed by atoms with Gasteiger partial charge < -0.3 is 14.5 Å². The van der Waals surface area contributed by atoms with Gasteiger partial charge in [0, 0.05) is 10.8 Å². The topological polar surface area (TPSA) is 94.3 Å². The van der Waals surface area contributed by atoms with E-state index in [0.29, 0.717) is 28.9 Å². The molecule has 0 aromatic carbocycles. The third-order valence-corrected chi connectivity index (χ3v) is 4.77. The Kier molecular flexibility index (Phi) is 5.56. The van der Waals surface area contributed by atoms with Gasteiger partial charge in [-0.15, -0.1) is 22.7 Å².